The van der Waals surface area contributed by atoms with Gasteiger partial charge in [0, 0.05) is 30.3 Å². The zero-order chi connectivity index (χ0) is 14.5. The van der Waals surface area contributed by atoms with Gasteiger partial charge in [-0.3, -0.25) is 0 Å². The highest BCUT2D eigenvalue weighted by molar-refractivity contribution is 5.88. The van der Waals surface area contributed by atoms with Gasteiger partial charge in [0.05, 0.1) is 0 Å². The van der Waals surface area contributed by atoms with Gasteiger partial charge in [-0.15, -0.1) is 0 Å². The van der Waals surface area contributed by atoms with Crippen LogP contribution in [0, 0.1) is 13.8 Å². The lowest BCUT2D eigenvalue weighted by atomic mass is 10.00. The first-order valence-electron chi connectivity index (χ1n) is 7.81. The van der Waals surface area contributed by atoms with E-state index in [4.69, 9.17) is 5.11 Å². The number of rotatable bonds is 7. The molecule has 0 radical (unpaired) electrons. The quantitative estimate of drug-likeness (QED) is 0.748. The number of fused-ring (bicyclic) bond motifs is 1. The molecule has 0 fully saturated rings. The smallest absolute Gasteiger partial charge is 0.0485 e. The lowest BCUT2D eigenvalue weighted by Gasteiger charge is -2.04. The van der Waals surface area contributed by atoms with Crippen LogP contribution in [0.3, 0.4) is 0 Å². The van der Waals surface area contributed by atoms with Crippen molar-refractivity contribution in [3.05, 3.63) is 35.0 Å². The minimum absolute atomic E-state index is 0.335. The molecule has 1 N–H and O–H groups in total. The van der Waals surface area contributed by atoms with E-state index in [0.717, 1.165) is 12.8 Å². The van der Waals surface area contributed by atoms with Gasteiger partial charge in [0.15, 0.2) is 0 Å². The van der Waals surface area contributed by atoms with Gasteiger partial charge < -0.3 is 9.67 Å². The molecule has 1 aromatic heterocycles. The van der Waals surface area contributed by atoms with Crippen LogP contribution in [-0.4, -0.2) is 16.3 Å². The molecule has 110 valence electrons. The van der Waals surface area contributed by atoms with Crippen LogP contribution in [0.4, 0.5) is 0 Å². The van der Waals surface area contributed by atoms with E-state index in [-0.39, 0.29) is 0 Å². The molecular formula is C18H27NO. The maximum absolute atomic E-state index is 8.79. The van der Waals surface area contributed by atoms with E-state index in [1.807, 2.05) is 0 Å². The molecule has 1 heterocycles. The summed E-state index contributed by atoms with van der Waals surface area (Å²) in [6, 6.07) is 6.59. The van der Waals surface area contributed by atoms with Crippen molar-refractivity contribution >= 4 is 10.9 Å². The molecule has 0 unspecified atom stereocenters. The minimum Gasteiger partial charge on any atom is -0.396 e. The van der Waals surface area contributed by atoms with Crippen molar-refractivity contribution in [2.75, 3.05) is 6.61 Å². The second-order valence-corrected chi connectivity index (χ2v) is 5.83. The number of aliphatic hydroxyl groups is 1. The Morgan fingerprint density at radius 2 is 1.70 bits per heavy atom. The van der Waals surface area contributed by atoms with Crippen LogP contribution in [0.1, 0.15) is 48.9 Å². The molecule has 1 aromatic carbocycles. The summed E-state index contributed by atoms with van der Waals surface area (Å²) in [5.41, 5.74) is 5.69. The Bertz CT molecular complexity index is 568. The van der Waals surface area contributed by atoms with Crippen molar-refractivity contribution in [2.45, 2.75) is 52.4 Å². The first kappa shape index (κ1) is 15.1. The van der Waals surface area contributed by atoms with E-state index in [1.165, 1.54) is 53.4 Å². The molecule has 0 aliphatic heterocycles. The SMILES string of the molecule is Cc1cccc2c1c(CCCCCCCO)c(C)n2C. The van der Waals surface area contributed by atoms with E-state index in [0.29, 0.717) is 6.61 Å². The number of aryl methyl sites for hydroxylation is 3. The summed E-state index contributed by atoms with van der Waals surface area (Å²) in [7, 11) is 2.17. The van der Waals surface area contributed by atoms with E-state index >= 15 is 0 Å². The number of hydrogen-bond donors (Lipinski definition) is 1. The predicted molar refractivity (Wildman–Crippen MR) is 86.3 cm³/mol. The Kier molecular flexibility index (Phi) is 5.24. The molecule has 2 heteroatoms. The summed E-state index contributed by atoms with van der Waals surface area (Å²) in [6.07, 6.45) is 7.04. The average Bonchev–Trinajstić information content (AvgIpc) is 2.69. The number of benzene rings is 1. The zero-order valence-corrected chi connectivity index (χ0v) is 13.1. The van der Waals surface area contributed by atoms with E-state index in [1.54, 1.807) is 0 Å². The number of aliphatic hydroxyl groups excluding tert-OH is 1. The van der Waals surface area contributed by atoms with Crippen LogP contribution in [0.5, 0.6) is 0 Å². The Morgan fingerprint density at radius 1 is 1.00 bits per heavy atom. The summed E-state index contributed by atoms with van der Waals surface area (Å²) in [4.78, 5) is 0. The molecule has 2 aromatic rings. The zero-order valence-electron chi connectivity index (χ0n) is 13.1. The summed E-state index contributed by atoms with van der Waals surface area (Å²) in [5.74, 6) is 0. The van der Waals surface area contributed by atoms with Crippen LogP contribution < -0.4 is 0 Å². The minimum atomic E-state index is 0.335. The fourth-order valence-electron chi connectivity index (χ4n) is 3.14. The van der Waals surface area contributed by atoms with Crippen molar-refractivity contribution in [2.24, 2.45) is 7.05 Å². The number of hydrogen-bond acceptors (Lipinski definition) is 1. The van der Waals surface area contributed by atoms with Crippen LogP contribution in [0.15, 0.2) is 18.2 Å². The third kappa shape index (κ3) is 3.06. The van der Waals surface area contributed by atoms with Crippen molar-refractivity contribution < 1.29 is 5.11 Å². The molecule has 0 aliphatic carbocycles. The van der Waals surface area contributed by atoms with Gasteiger partial charge in [-0.25, -0.2) is 0 Å². The highest BCUT2D eigenvalue weighted by Crippen LogP contribution is 2.29. The Balaban J connectivity index is 2.08. The molecule has 2 rings (SSSR count). The Hall–Kier alpha value is -1.28. The third-order valence-corrected chi connectivity index (χ3v) is 4.44. The van der Waals surface area contributed by atoms with Crippen LogP contribution in [0.2, 0.25) is 0 Å². The summed E-state index contributed by atoms with van der Waals surface area (Å²) >= 11 is 0. The van der Waals surface area contributed by atoms with Crippen LogP contribution in [0.25, 0.3) is 10.9 Å². The van der Waals surface area contributed by atoms with Gasteiger partial charge in [-0.1, -0.05) is 31.4 Å². The number of unbranched alkanes of at least 4 members (excludes halogenated alkanes) is 4. The lowest BCUT2D eigenvalue weighted by Crippen LogP contribution is -1.93. The Morgan fingerprint density at radius 3 is 2.45 bits per heavy atom. The molecule has 0 aliphatic rings. The van der Waals surface area contributed by atoms with Crippen LogP contribution >= 0.6 is 0 Å². The number of nitrogens with zero attached hydrogens (tertiary/aromatic N) is 1. The predicted octanol–water partition coefficient (Wildman–Crippen LogP) is 4.28. The number of aromatic nitrogens is 1. The summed E-state index contributed by atoms with van der Waals surface area (Å²) in [5, 5.41) is 10.2. The second-order valence-electron chi connectivity index (χ2n) is 5.83. The molecular weight excluding hydrogens is 246 g/mol. The van der Waals surface area contributed by atoms with Gasteiger partial charge >= 0.3 is 0 Å². The monoisotopic (exact) mass is 273 g/mol. The molecule has 20 heavy (non-hydrogen) atoms. The lowest BCUT2D eigenvalue weighted by molar-refractivity contribution is 0.282. The van der Waals surface area contributed by atoms with Crippen molar-refractivity contribution in [1.29, 1.82) is 0 Å². The summed E-state index contributed by atoms with van der Waals surface area (Å²) in [6.45, 7) is 4.79. The van der Waals surface area contributed by atoms with Crippen molar-refractivity contribution in [3.63, 3.8) is 0 Å². The molecule has 0 spiro atoms. The van der Waals surface area contributed by atoms with Gasteiger partial charge in [0.25, 0.3) is 0 Å². The second kappa shape index (κ2) is 6.94. The van der Waals surface area contributed by atoms with E-state index < -0.39 is 0 Å². The molecule has 2 nitrogen and oxygen atoms in total. The topological polar surface area (TPSA) is 25.2 Å². The van der Waals surface area contributed by atoms with Gasteiger partial charge in [0.2, 0.25) is 0 Å². The standard InChI is InChI=1S/C18H27NO/c1-14-10-9-12-17-18(14)16(15(2)19(17)3)11-7-5-4-6-8-13-20/h9-10,12,20H,4-8,11,13H2,1-3H3. The van der Waals surface area contributed by atoms with Gasteiger partial charge in [-0.2, -0.15) is 0 Å². The van der Waals surface area contributed by atoms with Crippen molar-refractivity contribution in [1.82, 2.24) is 4.57 Å². The normalized spacial score (nSPS) is 11.4. The highest BCUT2D eigenvalue weighted by Gasteiger charge is 2.12. The third-order valence-electron chi connectivity index (χ3n) is 4.44. The molecule has 0 saturated heterocycles. The highest BCUT2D eigenvalue weighted by atomic mass is 16.2. The molecule has 0 bridgehead atoms. The first-order chi connectivity index (χ1) is 9.66. The Labute approximate surface area is 122 Å². The largest absolute Gasteiger partial charge is 0.396 e. The maximum Gasteiger partial charge on any atom is 0.0485 e. The van der Waals surface area contributed by atoms with Gasteiger partial charge in [-0.05, 0) is 50.3 Å². The first-order valence-corrected chi connectivity index (χ1v) is 7.81. The van der Waals surface area contributed by atoms with Gasteiger partial charge in [0.1, 0.15) is 0 Å². The summed E-state index contributed by atoms with van der Waals surface area (Å²) < 4.78 is 2.32. The maximum atomic E-state index is 8.79. The molecule has 0 amide bonds. The van der Waals surface area contributed by atoms with E-state index in [2.05, 4.69) is 43.7 Å². The molecule has 0 atom stereocenters. The van der Waals surface area contributed by atoms with E-state index in [9.17, 15) is 0 Å². The van der Waals surface area contributed by atoms with Crippen molar-refractivity contribution in [3.8, 4) is 0 Å². The fraction of sp³-hybridized carbons (Fsp3) is 0.556. The average molecular weight is 273 g/mol. The fourth-order valence-corrected chi connectivity index (χ4v) is 3.14. The van der Waals surface area contributed by atoms with Crippen LogP contribution in [-0.2, 0) is 13.5 Å². The molecule has 0 saturated carbocycles.